The first kappa shape index (κ1) is 10.5. The Morgan fingerprint density at radius 1 is 1.31 bits per heavy atom. The minimum atomic E-state index is -0.844. The smallest absolute Gasteiger partial charge is 0.307 e. The van der Waals surface area contributed by atoms with Crippen LogP contribution in [0.2, 0.25) is 0 Å². The predicted octanol–water partition coefficient (Wildman–Crippen LogP) is 2.88. The van der Waals surface area contributed by atoms with Crippen molar-refractivity contribution in [1.82, 2.24) is 0 Å². The third kappa shape index (κ3) is 2.14. The van der Waals surface area contributed by atoms with Crippen LogP contribution in [0.1, 0.15) is 11.3 Å². The van der Waals surface area contributed by atoms with Crippen molar-refractivity contribution in [1.29, 1.82) is 0 Å². The van der Waals surface area contributed by atoms with Gasteiger partial charge in [0.15, 0.2) is 0 Å². The second kappa shape index (κ2) is 4.23. The van der Waals surface area contributed by atoms with Gasteiger partial charge >= 0.3 is 5.97 Å². The molecule has 3 heteroatoms. The van der Waals surface area contributed by atoms with Crippen LogP contribution in [0.3, 0.4) is 0 Å². The van der Waals surface area contributed by atoms with Crippen LogP contribution in [0, 0.1) is 6.92 Å². The molecule has 82 valence electrons. The molecule has 0 fully saturated rings. The van der Waals surface area contributed by atoms with Crippen molar-refractivity contribution in [2.45, 2.75) is 13.3 Å². The topological polar surface area (TPSA) is 50.4 Å². The highest BCUT2D eigenvalue weighted by molar-refractivity contribution is 5.71. The highest BCUT2D eigenvalue weighted by atomic mass is 16.4. The Morgan fingerprint density at radius 3 is 2.62 bits per heavy atom. The summed E-state index contributed by atoms with van der Waals surface area (Å²) >= 11 is 0. The molecule has 0 aliphatic heterocycles. The monoisotopic (exact) mass is 216 g/mol. The molecule has 0 unspecified atom stereocenters. The average molecular weight is 216 g/mol. The number of hydrogen-bond acceptors (Lipinski definition) is 2. The molecule has 2 aromatic rings. The maximum Gasteiger partial charge on any atom is 0.307 e. The van der Waals surface area contributed by atoms with Gasteiger partial charge in [0.1, 0.15) is 11.5 Å². The molecule has 0 atom stereocenters. The van der Waals surface area contributed by atoms with E-state index < -0.39 is 5.97 Å². The second-order valence-corrected chi connectivity index (χ2v) is 3.63. The first-order valence-electron chi connectivity index (χ1n) is 5.03. The second-order valence-electron chi connectivity index (χ2n) is 3.63. The van der Waals surface area contributed by atoms with Gasteiger partial charge in [0.2, 0.25) is 0 Å². The van der Waals surface area contributed by atoms with Crippen molar-refractivity contribution in [2.75, 3.05) is 0 Å². The van der Waals surface area contributed by atoms with E-state index in [2.05, 4.69) is 0 Å². The molecule has 1 aromatic heterocycles. The number of carbonyl (C=O) groups is 1. The third-order valence-electron chi connectivity index (χ3n) is 2.42. The number of carboxylic acid groups (broad SMARTS) is 1. The Labute approximate surface area is 93.3 Å². The molecule has 2 rings (SSSR count). The molecule has 0 saturated carbocycles. The fourth-order valence-electron chi connectivity index (χ4n) is 1.60. The SMILES string of the molecule is Cc1oc(-c2ccccc2)cc1CC(=O)O. The fourth-order valence-corrected chi connectivity index (χ4v) is 1.60. The molecule has 0 saturated heterocycles. The number of carboxylic acids is 1. The van der Waals surface area contributed by atoms with E-state index in [-0.39, 0.29) is 6.42 Å². The lowest BCUT2D eigenvalue weighted by molar-refractivity contribution is -0.136. The molecule has 0 spiro atoms. The number of aryl methyl sites for hydroxylation is 1. The van der Waals surface area contributed by atoms with E-state index in [1.807, 2.05) is 30.3 Å². The lowest BCUT2D eigenvalue weighted by Crippen LogP contribution is -1.99. The number of rotatable bonds is 3. The van der Waals surface area contributed by atoms with Crippen LogP contribution in [-0.2, 0) is 11.2 Å². The highest BCUT2D eigenvalue weighted by Gasteiger charge is 2.11. The van der Waals surface area contributed by atoms with Gasteiger partial charge in [-0.1, -0.05) is 30.3 Å². The summed E-state index contributed by atoms with van der Waals surface area (Å²) in [5.41, 5.74) is 1.69. The molecular formula is C13H12O3. The van der Waals surface area contributed by atoms with E-state index in [0.717, 1.165) is 11.1 Å². The average Bonchev–Trinajstić information content (AvgIpc) is 2.61. The summed E-state index contributed by atoms with van der Waals surface area (Å²) < 4.78 is 5.54. The Hall–Kier alpha value is -2.03. The summed E-state index contributed by atoms with van der Waals surface area (Å²) in [6.07, 6.45) is 0.00215. The molecule has 1 heterocycles. The first-order valence-corrected chi connectivity index (χ1v) is 5.03. The first-order chi connectivity index (χ1) is 7.66. The van der Waals surface area contributed by atoms with E-state index in [1.54, 1.807) is 13.0 Å². The highest BCUT2D eigenvalue weighted by Crippen LogP contribution is 2.25. The maximum atomic E-state index is 10.6. The molecule has 0 amide bonds. The van der Waals surface area contributed by atoms with Crippen LogP contribution < -0.4 is 0 Å². The molecule has 3 nitrogen and oxygen atoms in total. The van der Waals surface area contributed by atoms with Crippen molar-refractivity contribution in [2.24, 2.45) is 0 Å². The van der Waals surface area contributed by atoms with Gasteiger partial charge in [0.25, 0.3) is 0 Å². The predicted molar refractivity (Wildman–Crippen MR) is 60.2 cm³/mol. The van der Waals surface area contributed by atoms with Crippen molar-refractivity contribution in [3.8, 4) is 11.3 Å². The van der Waals surface area contributed by atoms with Crippen molar-refractivity contribution in [3.05, 3.63) is 47.7 Å². The van der Waals surface area contributed by atoms with Crippen LogP contribution in [-0.4, -0.2) is 11.1 Å². The van der Waals surface area contributed by atoms with Gasteiger partial charge in [-0.15, -0.1) is 0 Å². The molecule has 0 radical (unpaired) electrons. The number of furan rings is 1. The van der Waals surface area contributed by atoms with Gasteiger partial charge < -0.3 is 9.52 Å². The van der Waals surface area contributed by atoms with Crippen molar-refractivity contribution < 1.29 is 14.3 Å². The van der Waals surface area contributed by atoms with Crippen molar-refractivity contribution >= 4 is 5.97 Å². The lowest BCUT2D eigenvalue weighted by atomic mass is 10.1. The van der Waals surface area contributed by atoms with Crippen LogP contribution >= 0.6 is 0 Å². The Kier molecular flexibility index (Phi) is 2.77. The number of benzene rings is 1. The zero-order valence-electron chi connectivity index (χ0n) is 8.93. The van der Waals surface area contributed by atoms with Gasteiger partial charge in [0.05, 0.1) is 6.42 Å². The zero-order chi connectivity index (χ0) is 11.5. The van der Waals surface area contributed by atoms with E-state index in [4.69, 9.17) is 9.52 Å². The van der Waals surface area contributed by atoms with E-state index in [9.17, 15) is 4.79 Å². The quantitative estimate of drug-likeness (QED) is 0.858. The molecule has 1 aromatic carbocycles. The summed E-state index contributed by atoms with van der Waals surface area (Å²) in [6.45, 7) is 1.78. The molecule has 0 bridgehead atoms. The molecule has 0 aliphatic carbocycles. The van der Waals surface area contributed by atoms with Gasteiger partial charge in [-0.3, -0.25) is 4.79 Å². The van der Waals surface area contributed by atoms with Gasteiger partial charge in [-0.2, -0.15) is 0 Å². The van der Waals surface area contributed by atoms with E-state index in [1.165, 1.54) is 0 Å². The van der Waals surface area contributed by atoms with Crippen molar-refractivity contribution in [3.63, 3.8) is 0 Å². The number of hydrogen-bond donors (Lipinski definition) is 1. The van der Waals surface area contributed by atoms with Crippen LogP contribution in [0.25, 0.3) is 11.3 Å². The Bertz CT molecular complexity index is 497. The van der Waals surface area contributed by atoms with Gasteiger partial charge in [-0.05, 0) is 13.0 Å². The fraction of sp³-hybridized carbons (Fsp3) is 0.154. The van der Waals surface area contributed by atoms with Crippen LogP contribution in [0.4, 0.5) is 0 Å². The molecule has 0 aliphatic rings. The van der Waals surface area contributed by atoms with Crippen LogP contribution in [0.15, 0.2) is 40.8 Å². The standard InChI is InChI=1S/C13H12O3/c1-9-11(8-13(14)15)7-12(16-9)10-5-3-2-4-6-10/h2-7H,8H2,1H3,(H,14,15). The Morgan fingerprint density at radius 2 is 2.00 bits per heavy atom. The largest absolute Gasteiger partial charge is 0.481 e. The Balaban J connectivity index is 2.34. The van der Waals surface area contributed by atoms with Gasteiger partial charge in [0, 0.05) is 11.1 Å². The maximum absolute atomic E-state index is 10.6. The summed E-state index contributed by atoms with van der Waals surface area (Å²) in [6, 6.07) is 11.4. The molecule has 1 N–H and O–H groups in total. The molecular weight excluding hydrogens is 204 g/mol. The van der Waals surface area contributed by atoms with Gasteiger partial charge in [-0.25, -0.2) is 0 Å². The summed E-state index contributed by atoms with van der Waals surface area (Å²) in [7, 11) is 0. The third-order valence-corrected chi connectivity index (χ3v) is 2.42. The summed E-state index contributed by atoms with van der Waals surface area (Å²) in [4.78, 5) is 10.6. The number of aliphatic carboxylic acids is 1. The van der Waals surface area contributed by atoms with E-state index >= 15 is 0 Å². The normalized spacial score (nSPS) is 10.3. The minimum Gasteiger partial charge on any atom is -0.481 e. The van der Waals surface area contributed by atoms with E-state index in [0.29, 0.717) is 11.5 Å². The minimum absolute atomic E-state index is 0.00215. The zero-order valence-corrected chi connectivity index (χ0v) is 8.93. The summed E-state index contributed by atoms with van der Waals surface area (Å²) in [5, 5.41) is 8.73. The molecule has 16 heavy (non-hydrogen) atoms. The summed E-state index contributed by atoms with van der Waals surface area (Å²) in [5.74, 6) is 0.541. The lowest BCUT2D eigenvalue weighted by Gasteiger charge is -1.93. The van der Waals surface area contributed by atoms with Crippen LogP contribution in [0.5, 0.6) is 0 Å².